The standard InChI is InChI=1S/C18H16ClN3O3/c1-24-17-5-4-12(19)9-15(17)22-18(23)16-10-13(6-7-20-16)21-11-14-3-2-8-25-14/h2-10H,11H2,1H3,(H,20,21)(H,22,23). The molecule has 25 heavy (non-hydrogen) atoms. The van der Waals surface area contributed by atoms with E-state index in [1.54, 1.807) is 42.8 Å². The Balaban J connectivity index is 1.72. The third-order valence-corrected chi connectivity index (χ3v) is 3.68. The lowest BCUT2D eigenvalue weighted by Gasteiger charge is -2.11. The number of nitrogens with one attached hydrogen (secondary N) is 2. The molecule has 0 saturated carbocycles. The zero-order valence-corrected chi connectivity index (χ0v) is 14.2. The van der Waals surface area contributed by atoms with E-state index >= 15 is 0 Å². The normalized spacial score (nSPS) is 10.3. The summed E-state index contributed by atoms with van der Waals surface area (Å²) in [4.78, 5) is 16.6. The van der Waals surface area contributed by atoms with Gasteiger partial charge >= 0.3 is 0 Å². The second-order valence-electron chi connectivity index (χ2n) is 5.16. The maximum absolute atomic E-state index is 12.5. The van der Waals surface area contributed by atoms with Crippen molar-refractivity contribution in [2.24, 2.45) is 0 Å². The van der Waals surface area contributed by atoms with Crippen LogP contribution in [0.4, 0.5) is 11.4 Å². The second-order valence-corrected chi connectivity index (χ2v) is 5.60. The topological polar surface area (TPSA) is 76.4 Å². The first-order valence-electron chi connectivity index (χ1n) is 7.53. The Bertz CT molecular complexity index is 866. The number of rotatable bonds is 6. The second kappa shape index (κ2) is 7.72. The average molecular weight is 358 g/mol. The number of furan rings is 1. The number of hydrogen-bond donors (Lipinski definition) is 2. The first-order chi connectivity index (χ1) is 12.2. The van der Waals surface area contributed by atoms with Crippen molar-refractivity contribution >= 4 is 28.9 Å². The molecule has 7 heteroatoms. The lowest BCUT2D eigenvalue weighted by molar-refractivity contribution is 0.102. The summed E-state index contributed by atoms with van der Waals surface area (Å²) >= 11 is 5.98. The summed E-state index contributed by atoms with van der Waals surface area (Å²) in [6.07, 6.45) is 3.18. The molecular formula is C18H16ClN3O3. The molecule has 2 N–H and O–H groups in total. The quantitative estimate of drug-likeness (QED) is 0.691. The molecule has 0 aliphatic carbocycles. The zero-order chi connectivity index (χ0) is 17.6. The maximum atomic E-state index is 12.5. The van der Waals surface area contributed by atoms with E-state index in [0.717, 1.165) is 11.4 Å². The number of hydrogen-bond acceptors (Lipinski definition) is 5. The molecule has 2 heterocycles. The van der Waals surface area contributed by atoms with Crippen molar-refractivity contribution in [2.45, 2.75) is 6.54 Å². The minimum atomic E-state index is -0.359. The van der Waals surface area contributed by atoms with E-state index in [0.29, 0.717) is 23.0 Å². The van der Waals surface area contributed by atoms with Crippen molar-refractivity contribution in [3.8, 4) is 5.75 Å². The highest BCUT2D eigenvalue weighted by Gasteiger charge is 2.12. The van der Waals surface area contributed by atoms with E-state index in [-0.39, 0.29) is 11.6 Å². The Morgan fingerprint density at radius 1 is 1.28 bits per heavy atom. The van der Waals surface area contributed by atoms with Crippen LogP contribution in [0.15, 0.2) is 59.3 Å². The molecule has 3 rings (SSSR count). The van der Waals surface area contributed by atoms with Crippen LogP contribution in [0.3, 0.4) is 0 Å². The third-order valence-electron chi connectivity index (χ3n) is 3.45. The number of benzene rings is 1. The largest absolute Gasteiger partial charge is 0.495 e. The van der Waals surface area contributed by atoms with Gasteiger partial charge in [-0.15, -0.1) is 0 Å². The van der Waals surface area contributed by atoms with Gasteiger partial charge in [0.15, 0.2) is 0 Å². The first-order valence-corrected chi connectivity index (χ1v) is 7.90. The van der Waals surface area contributed by atoms with Gasteiger partial charge in [0.2, 0.25) is 0 Å². The zero-order valence-electron chi connectivity index (χ0n) is 13.5. The first kappa shape index (κ1) is 16.9. The van der Waals surface area contributed by atoms with E-state index in [1.165, 1.54) is 7.11 Å². The van der Waals surface area contributed by atoms with Crippen LogP contribution in [0.2, 0.25) is 5.02 Å². The van der Waals surface area contributed by atoms with Crippen LogP contribution in [-0.2, 0) is 6.54 Å². The number of nitrogens with zero attached hydrogens (tertiary/aromatic N) is 1. The van der Waals surface area contributed by atoms with Crippen molar-refractivity contribution in [1.82, 2.24) is 4.98 Å². The molecule has 0 radical (unpaired) electrons. The molecule has 0 aliphatic heterocycles. The maximum Gasteiger partial charge on any atom is 0.274 e. The fraction of sp³-hybridized carbons (Fsp3) is 0.111. The molecule has 128 valence electrons. The molecule has 0 aliphatic rings. The number of amides is 1. The van der Waals surface area contributed by atoms with Gasteiger partial charge in [-0.1, -0.05) is 11.6 Å². The van der Waals surface area contributed by atoms with Gasteiger partial charge in [0.1, 0.15) is 17.2 Å². The van der Waals surface area contributed by atoms with Gasteiger partial charge in [0.25, 0.3) is 5.91 Å². The molecule has 1 aromatic carbocycles. The van der Waals surface area contributed by atoms with Gasteiger partial charge in [-0.25, -0.2) is 0 Å². The molecule has 0 fully saturated rings. The van der Waals surface area contributed by atoms with E-state index in [2.05, 4.69) is 15.6 Å². The molecule has 0 saturated heterocycles. The highest BCUT2D eigenvalue weighted by atomic mass is 35.5. The predicted octanol–water partition coefficient (Wildman–Crippen LogP) is 4.20. The van der Waals surface area contributed by atoms with Crippen molar-refractivity contribution in [2.75, 3.05) is 17.7 Å². The van der Waals surface area contributed by atoms with Gasteiger partial charge < -0.3 is 19.8 Å². The number of pyridine rings is 1. The van der Waals surface area contributed by atoms with Crippen LogP contribution < -0.4 is 15.4 Å². The van der Waals surface area contributed by atoms with E-state index in [9.17, 15) is 4.79 Å². The minimum absolute atomic E-state index is 0.270. The van der Waals surface area contributed by atoms with Gasteiger partial charge in [-0.05, 0) is 42.5 Å². The number of halogens is 1. The van der Waals surface area contributed by atoms with Gasteiger partial charge in [0.05, 0.1) is 25.6 Å². The van der Waals surface area contributed by atoms with Gasteiger partial charge in [0, 0.05) is 16.9 Å². The molecule has 6 nitrogen and oxygen atoms in total. The lowest BCUT2D eigenvalue weighted by atomic mass is 10.2. The summed E-state index contributed by atoms with van der Waals surface area (Å²) in [7, 11) is 1.52. The monoisotopic (exact) mass is 357 g/mol. The highest BCUT2D eigenvalue weighted by molar-refractivity contribution is 6.31. The smallest absolute Gasteiger partial charge is 0.274 e. The number of ether oxygens (including phenoxy) is 1. The number of anilines is 2. The summed E-state index contributed by atoms with van der Waals surface area (Å²) in [6.45, 7) is 0.514. The molecule has 2 aromatic heterocycles. The van der Waals surface area contributed by atoms with Crippen molar-refractivity contribution in [3.63, 3.8) is 0 Å². The fourth-order valence-corrected chi connectivity index (χ4v) is 2.40. The van der Waals surface area contributed by atoms with Crippen molar-refractivity contribution < 1.29 is 13.9 Å². The minimum Gasteiger partial charge on any atom is -0.495 e. The van der Waals surface area contributed by atoms with Crippen LogP contribution in [0, 0.1) is 0 Å². The molecular weight excluding hydrogens is 342 g/mol. The Morgan fingerprint density at radius 2 is 2.16 bits per heavy atom. The van der Waals surface area contributed by atoms with Crippen LogP contribution in [-0.4, -0.2) is 18.0 Å². The van der Waals surface area contributed by atoms with E-state index in [1.807, 2.05) is 12.1 Å². The number of aromatic nitrogens is 1. The Morgan fingerprint density at radius 3 is 2.92 bits per heavy atom. The lowest BCUT2D eigenvalue weighted by Crippen LogP contribution is -2.14. The summed E-state index contributed by atoms with van der Waals surface area (Å²) in [5.74, 6) is 0.957. The van der Waals surface area contributed by atoms with E-state index < -0.39 is 0 Å². The van der Waals surface area contributed by atoms with Crippen molar-refractivity contribution in [3.05, 3.63) is 71.4 Å². The summed E-state index contributed by atoms with van der Waals surface area (Å²) in [6, 6.07) is 12.1. The SMILES string of the molecule is COc1ccc(Cl)cc1NC(=O)c1cc(NCc2ccco2)ccn1. The molecule has 0 bridgehead atoms. The Hall–Kier alpha value is -2.99. The fourth-order valence-electron chi connectivity index (χ4n) is 2.23. The molecule has 0 spiro atoms. The summed E-state index contributed by atoms with van der Waals surface area (Å²) in [5.41, 5.74) is 1.51. The van der Waals surface area contributed by atoms with Crippen LogP contribution in [0.25, 0.3) is 0 Å². The third kappa shape index (κ3) is 4.30. The number of carbonyl (C=O) groups is 1. The molecule has 3 aromatic rings. The predicted molar refractivity (Wildman–Crippen MR) is 96.2 cm³/mol. The van der Waals surface area contributed by atoms with Crippen LogP contribution >= 0.6 is 11.6 Å². The Kier molecular flexibility index (Phi) is 5.20. The number of carbonyl (C=O) groups excluding carboxylic acids is 1. The van der Waals surface area contributed by atoms with Crippen LogP contribution in [0.1, 0.15) is 16.2 Å². The van der Waals surface area contributed by atoms with E-state index in [4.69, 9.17) is 20.8 Å². The highest BCUT2D eigenvalue weighted by Crippen LogP contribution is 2.28. The molecule has 0 unspecified atom stereocenters. The molecule has 0 atom stereocenters. The van der Waals surface area contributed by atoms with Gasteiger partial charge in [-0.2, -0.15) is 0 Å². The Labute approximate surface area is 149 Å². The van der Waals surface area contributed by atoms with Crippen molar-refractivity contribution in [1.29, 1.82) is 0 Å². The van der Waals surface area contributed by atoms with Gasteiger partial charge in [-0.3, -0.25) is 9.78 Å². The average Bonchev–Trinajstić information content (AvgIpc) is 3.14. The van der Waals surface area contributed by atoms with Crippen LogP contribution in [0.5, 0.6) is 5.75 Å². The molecule has 1 amide bonds. The summed E-state index contributed by atoms with van der Waals surface area (Å²) < 4.78 is 10.5. The summed E-state index contributed by atoms with van der Waals surface area (Å²) in [5, 5.41) is 6.43. The number of methoxy groups -OCH3 is 1.